The summed E-state index contributed by atoms with van der Waals surface area (Å²) >= 11 is 3.41. The van der Waals surface area contributed by atoms with Crippen LogP contribution in [-0.4, -0.2) is 50.0 Å². The van der Waals surface area contributed by atoms with Crippen molar-refractivity contribution in [1.29, 1.82) is 0 Å². The van der Waals surface area contributed by atoms with Crippen molar-refractivity contribution in [3.8, 4) is 0 Å². The van der Waals surface area contributed by atoms with Gasteiger partial charge in [-0.2, -0.15) is 0 Å². The van der Waals surface area contributed by atoms with Crippen LogP contribution in [0.4, 0.5) is 14.5 Å². The molecule has 7 nitrogen and oxygen atoms in total. The zero-order valence-corrected chi connectivity index (χ0v) is 24.2. The maximum Gasteiger partial charge on any atom is 0.244 e. The number of nitrogens with one attached hydrogen (secondary N) is 1. The molecule has 3 aromatic carbocycles. The number of anilines is 1. The summed E-state index contributed by atoms with van der Waals surface area (Å²) in [6, 6.07) is 17.7. The van der Waals surface area contributed by atoms with Crippen molar-refractivity contribution < 1.29 is 26.8 Å². The average Bonchev–Trinajstić information content (AvgIpc) is 2.86. The Bertz CT molecular complexity index is 1420. The minimum atomic E-state index is -4.09. The van der Waals surface area contributed by atoms with Gasteiger partial charge in [0.2, 0.25) is 21.8 Å². The summed E-state index contributed by atoms with van der Waals surface area (Å²) in [4.78, 5) is 28.7. The Morgan fingerprint density at radius 1 is 0.923 bits per heavy atom. The SMILES string of the molecule is CC(C)NC(=O)C(Cc1ccccc1)N(Cc1cccc(Br)c1)C(=O)CN(c1ccc(F)c(F)c1)S(C)(=O)=O. The van der Waals surface area contributed by atoms with Crippen molar-refractivity contribution in [3.05, 3.63) is 100 Å². The Hall–Kier alpha value is -3.31. The zero-order valence-electron chi connectivity index (χ0n) is 21.8. The van der Waals surface area contributed by atoms with Crippen molar-refractivity contribution in [3.63, 3.8) is 0 Å². The van der Waals surface area contributed by atoms with Crippen LogP contribution < -0.4 is 9.62 Å². The summed E-state index contributed by atoms with van der Waals surface area (Å²) in [5.74, 6) is -3.50. The van der Waals surface area contributed by atoms with Gasteiger partial charge in [0.15, 0.2) is 11.6 Å². The minimum absolute atomic E-state index is 0.00330. The van der Waals surface area contributed by atoms with E-state index in [-0.39, 0.29) is 24.7 Å². The van der Waals surface area contributed by atoms with Crippen LogP contribution in [0.2, 0.25) is 0 Å². The summed E-state index contributed by atoms with van der Waals surface area (Å²) in [6.07, 6.45) is 1.04. The van der Waals surface area contributed by atoms with Gasteiger partial charge in [-0.15, -0.1) is 0 Å². The van der Waals surface area contributed by atoms with Crippen LogP contribution in [0.3, 0.4) is 0 Å². The maximum atomic E-state index is 14.0. The van der Waals surface area contributed by atoms with Gasteiger partial charge in [-0.1, -0.05) is 58.4 Å². The van der Waals surface area contributed by atoms with E-state index in [0.29, 0.717) is 9.87 Å². The van der Waals surface area contributed by atoms with Gasteiger partial charge in [0, 0.05) is 29.5 Å². The molecule has 1 N–H and O–H groups in total. The Balaban J connectivity index is 2.07. The lowest BCUT2D eigenvalue weighted by molar-refractivity contribution is -0.140. The first-order chi connectivity index (χ1) is 18.3. The van der Waals surface area contributed by atoms with Gasteiger partial charge >= 0.3 is 0 Å². The molecule has 0 saturated heterocycles. The van der Waals surface area contributed by atoms with Gasteiger partial charge in [0.25, 0.3) is 0 Å². The first-order valence-corrected chi connectivity index (χ1v) is 14.8. The van der Waals surface area contributed by atoms with E-state index in [1.807, 2.05) is 36.4 Å². The van der Waals surface area contributed by atoms with Crippen molar-refractivity contribution in [2.24, 2.45) is 0 Å². The number of amides is 2. The molecule has 3 rings (SSSR count). The molecule has 1 unspecified atom stereocenters. The van der Waals surface area contributed by atoms with Gasteiger partial charge < -0.3 is 10.2 Å². The molecule has 3 aromatic rings. The van der Waals surface area contributed by atoms with E-state index in [2.05, 4.69) is 21.2 Å². The predicted octanol–water partition coefficient (Wildman–Crippen LogP) is 4.66. The second-order valence-electron chi connectivity index (χ2n) is 9.39. The highest BCUT2D eigenvalue weighted by molar-refractivity contribution is 9.10. The normalized spacial score (nSPS) is 12.2. The first kappa shape index (κ1) is 30.2. The highest BCUT2D eigenvalue weighted by atomic mass is 79.9. The molecule has 0 radical (unpaired) electrons. The summed E-state index contributed by atoms with van der Waals surface area (Å²) in [7, 11) is -4.09. The number of benzene rings is 3. The average molecular weight is 623 g/mol. The lowest BCUT2D eigenvalue weighted by atomic mass is 10.0. The van der Waals surface area contributed by atoms with Crippen molar-refractivity contribution >= 4 is 43.5 Å². The van der Waals surface area contributed by atoms with Gasteiger partial charge in [-0.25, -0.2) is 17.2 Å². The van der Waals surface area contributed by atoms with E-state index in [9.17, 15) is 26.8 Å². The molecule has 0 aliphatic carbocycles. The highest BCUT2D eigenvalue weighted by Gasteiger charge is 2.33. The highest BCUT2D eigenvalue weighted by Crippen LogP contribution is 2.23. The molecular weight excluding hydrogens is 592 g/mol. The molecule has 208 valence electrons. The Morgan fingerprint density at radius 2 is 1.59 bits per heavy atom. The molecule has 0 heterocycles. The van der Waals surface area contributed by atoms with E-state index in [0.717, 1.165) is 34.5 Å². The summed E-state index contributed by atoms with van der Waals surface area (Å²) in [6.45, 7) is 2.87. The van der Waals surface area contributed by atoms with Crippen LogP contribution >= 0.6 is 15.9 Å². The fourth-order valence-corrected chi connectivity index (χ4v) is 5.31. The second-order valence-corrected chi connectivity index (χ2v) is 12.2. The van der Waals surface area contributed by atoms with Crippen molar-refractivity contribution in [2.45, 2.75) is 38.9 Å². The van der Waals surface area contributed by atoms with Gasteiger partial charge in [-0.3, -0.25) is 13.9 Å². The fourth-order valence-electron chi connectivity index (χ4n) is 4.02. The van der Waals surface area contributed by atoms with Crippen LogP contribution in [0.5, 0.6) is 0 Å². The Morgan fingerprint density at radius 3 is 2.18 bits per heavy atom. The molecule has 0 bridgehead atoms. The topological polar surface area (TPSA) is 86.8 Å². The molecule has 1 atom stereocenters. The van der Waals surface area contributed by atoms with E-state index < -0.39 is 46.1 Å². The number of sulfonamides is 1. The molecule has 0 aromatic heterocycles. The Kier molecular flexibility index (Phi) is 10.2. The molecule has 0 fully saturated rings. The van der Waals surface area contributed by atoms with E-state index >= 15 is 0 Å². The standard InChI is InChI=1S/C28H30BrF2N3O4S/c1-19(2)32-28(36)26(15-20-8-5-4-6-9-20)33(17-21-10-7-11-22(29)14-21)27(35)18-34(39(3,37)38)23-12-13-24(30)25(31)16-23/h4-14,16,19,26H,15,17-18H2,1-3H3,(H,32,36). The summed E-state index contributed by atoms with van der Waals surface area (Å²) in [5, 5.41) is 2.86. The van der Waals surface area contributed by atoms with Gasteiger partial charge in [0.1, 0.15) is 12.6 Å². The number of carbonyl (C=O) groups excluding carboxylic acids is 2. The number of carbonyl (C=O) groups is 2. The third kappa shape index (κ3) is 8.59. The fraction of sp³-hybridized carbons (Fsp3) is 0.286. The predicted molar refractivity (Wildman–Crippen MR) is 150 cm³/mol. The molecule has 39 heavy (non-hydrogen) atoms. The van der Waals surface area contributed by atoms with Crippen LogP contribution in [0, 0.1) is 11.6 Å². The van der Waals surface area contributed by atoms with Gasteiger partial charge in [0.05, 0.1) is 11.9 Å². The van der Waals surface area contributed by atoms with Crippen molar-refractivity contribution in [2.75, 3.05) is 17.1 Å². The molecule has 0 spiro atoms. The van der Waals surface area contributed by atoms with E-state index in [1.54, 1.807) is 32.0 Å². The van der Waals surface area contributed by atoms with Crippen LogP contribution in [-0.2, 0) is 32.6 Å². The maximum absolute atomic E-state index is 14.0. The largest absolute Gasteiger partial charge is 0.352 e. The number of halogens is 3. The lowest BCUT2D eigenvalue weighted by Gasteiger charge is -2.34. The Labute approximate surface area is 236 Å². The lowest BCUT2D eigenvalue weighted by Crippen LogP contribution is -2.54. The summed E-state index contributed by atoms with van der Waals surface area (Å²) < 4.78 is 54.4. The number of hydrogen-bond donors (Lipinski definition) is 1. The molecule has 0 aliphatic heterocycles. The molecular formula is C28H30BrF2N3O4S. The smallest absolute Gasteiger partial charge is 0.244 e. The van der Waals surface area contributed by atoms with Crippen LogP contribution in [0.15, 0.2) is 77.3 Å². The van der Waals surface area contributed by atoms with E-state index in [1.165, 1.54) is 4.90 Å². The molecule has 11 heteroatoms. The number of rotatable bonds is 11. The van der Waals surface area contributed by atoms with Gasteiger partial charge in [-0.05, 0) is 49.2 Å². The monoisotopic (exact) mass is 621 g/mol. The number of nitrogens with zero attached hydrogens (tertiary/aromatic N) is 2. The zero-order chi connectivity index (χ0) is 28.7. The quantitative estimate of drug-likeness (QED) is 0.337. The molecule has 2 amide bonds. The molecule has 0 saturated carbocycles. The minimum Gasteiger partial charge on any atom is -0.352 e. The third-order valence-corrected chi connectivity index (χ3v) is 7.45. The third-order valence-electron chi connectivity index (χ3n) is 5.81. The van der Waals surface area contributed by atoms with E-state index in [4.69, 9.17) is 0 Å². The van der Waals surface area contributed by atoms with Crippen molar-refractivity contribution in [1.82, 2.24) is 10.2 Å². The molecule has 0 aliphatic rings. The number of hydrogen-bond acceptors (Lipinski definition) is 4. The van der Waals surface area contributed by atoms with Crippen LogP contribution in [0.1, 0.15) is 25.0 Å². The summed E-state index contributed by atoms with van der Waals surface area (Å²) in [5.41, 5.74) is 1.29. The first-order valence-electron chi connectivity index (χ1n) is 12.2. The van der Waals surface area contributed by atoms with Crippen LogP contribution in [0.25, 0.3) is 0 Å². The second kappa shape index (κ2) is 13.2.